The van der Waals surface area contributed by atoms with Crippen molar-refractivity contribution in [2.75, 3.05) is 32.1 Å². The van der Waals surface area contributed by atoms with E-state index >= 15 is 0 Å². The number of benzene rings is 2. The maximum absolute atomic E-state index is 13.5. The number of Topliss-reactive ketones (excluding diaryl/α,β-unsaturated/α-hetero) is 1. The molecule has 2 aromatic rings. The highest BCUT2D eigenvalue weighted by Gasteiger charge is 2.68. The number of quaternary nitrogens is 1. The second kappa shape index (κ2) is 7.16. The number of rotatable bonds is 5. The number of anilines is 1. The van der Waals surface area contributed by atoms with E-state index in [1.54, 1.807) is 7.11 Å². The molecule has 6 rings (SSSR count). The Morgan fingerprint density at radius 3 is 2.73 bits per heavy atom. The number of nitrogens with zero attached hydrogens (tertiary/aromatic N) is 1. The van der Waals surface area contributed by atoms with Crippen LogP contribution in [-0.4, -0.2) is 49.3 Å². The summed E-state index contributed by atoms with van der Waals surface area (Å²) in [5.74, 6) is 1.07. The Hall–Kier alpha value is -3.18. The molecule has 2 aromatic carbocycles. The molecule has 168 valence electrons. The quantitative estimate of drug-likeness (QED) is 0.326. The van der Waals surface area contributed by atoms with Crippen molar-refractivity contribution in [3.8, 4) is 5.75 Å². The zero-order valence-electron chi connectivity index (χ0n) is 19.1. The number of hydrogen-bond donors (Lipinski definition) is 1. The van der Waals surface area contributed by atoms with Crippen molar-refractivity contribution in [1.82, 2.24) is 0 Å². The summed E-state index contributed by atoms with van der Waals surface area (Å²) in [5, 5.41) is 3.66. The van der Waals surface area contributed by atoms with Crippen LogP contribution < -0.4 is 10.1 Å². The highest BCUT2D eigenvalue weighted by molar-refractivity contribution is 5.97. The minimum atomic E-state index is -0.206. The fourth-order valence-corrected chi connectivity index (χ4v) is 7.28. The second-order valence-corrected chi connectivity index (χ2v) is 9.92. The number of hydrogen-bond acceptors (Lipinski definition) is 4. The lowest BCUT2D eigenvalue weighted by molar-refractivity contribution is -0.934. The van der Waals surface area contributed by atoms with Gasteiger partial charge in [-0.05, 0) is 48.4 Å². The topological polar surface area (TPSA) is 55.4 Å². The van der Waals surface area contributed by atoms with Gasteiger partial charge in [-0.15, -0.1) is 0 Å². The van der Waals surface area contributed by atoms with E-state index < -0.39 is 0 Å². The Morgan fingerprint density at radius 2 is 2.00 bits per heavy atom. The van der Waals surface area contributed by atoms with Gasteiger partial charge in [-0.1, -0.05) is 24.3 Å². The van der Waals surface area contributed by atoms with E-state index in [9.17, 15) is 9.59 Å². The average molecular weight is 442 g/mol. The third-order valence-electron chi connectivity index (χ3n) is 8.73. The summed E-state index contributed by atoms with van der Waals surface area (Å²) in [6.45, 7) is 4.32. The van der Waals surface area contributed by atoms with Crippen LogP contribution >= 0.6 is 0 Å². The number of para-hydroxylation sites is 1. The molecule has 4 atom stereocenters. The van der Waals surface area contributed by atoms with Gasteiger partial charge < -0.3 is 14.5 Å². The molecule has 3 heterocycles. The predicted molar refractivity (Wildman–Crippen MR) is 127 cm³/mol. The summed E-state index contributed by atoms with van der Waals surface area (Å²) in [6.07, 6.45) is 5.13. The number of carbonyl (C=O) groups excluding carboxylic acids is 2. The molecule has 2 fully saturated rings. The molecule has 0 saturated carbocycles. The Morgan fingerprint density at radius 1 is 1.21 bits per heavy atom. The van der Waals surface area contributed by atoms with Crippen LogP contribution in [0.15, 0.2) is 71.5 Å². The molecular weight excluding hydrogens is 412 g/mol. The number of allylic oxidation sites excluding steroid dienone is 2. The first kappa shape index (κ1) is 20.4. The molecular formula is C28H29N2O3+. The fourth-order valence-electron chi connectivity index (χ4n) is 7.28. The van der Waals surface area contributed by atoms with Gasteiger partial charge in [0.15, 0.2) is 0 Å². The number of ketones is 1. The monoisotopic (exact) mass is 441 g/mol. The van der Waals surface area contributed by atoms with Crippen molar-refractivity contribution in [1.29, 1.82) is 0 Å². The molecule has 4 aliphatic rings. The fraction of sp³-hybridized carbons (Fsp3) is 0.357. The van der Waals surface area contributed by atoms with Crippen molar-refractivity contribution < 1.29 is 18.8 Å². The van der Waals surface area contributed by atoms with E-state index in [4.69, 9.17) is 4.74 Å². The summed E-state index contributed by atoms with van der Waals surface area (Å²) in [4.78, 5) is 25.9. The van der Waals surface area contributed by atoms with Crippen LogP contribution in [0.2, 0.25) is 0 Å². The van der Waals surface area contributed by atoms with Crippen molar-refractivity contribution in [2.45, 2.75) is 31.2 Å². The molecule has 1 N–H and O–H groups in total. The Labute approximate surface area is 194 Å². The lowest BCUT2D eigenvalue weighted by atomic mass is 9.61. The summed E-state index contributed by atoms with van der Waals surface area (Å²) >= 11 is 0. The highest BCUT2D eigenvalue weighted by atomic mass is 16.5. The van der Waals surface area contributed by atoms with Gasteiger partial charge in [0.2, 0.25) is 5.78 Å². The summed E-state index contributed by atoms with van der Waals surface area (Å²) in [6, 6.07) is 16.2. The van der Waals surface area contributed by atoms with Crippen molar-refractivity contribution in [3.05, 3.63) is 82.6 Å². The minimum absolute atomic E-state index is 0.142. The lowest BCUT2D eigenvalue weighted by Crippen LogP contribution is -2.64. The standard InChI is InChI=1S/C28H28N2O3/c1-3-18-15-30(16-25(32)19-8-10-20(33-2)11-9-19)13-12-28-23-6-4-5-7-24(23)29-27(28)22(17-31)21(18)14-26(28)30/h3-11,17,21,26H,12-16H2,1-2H3/p+1/b18-3-/t21-,26-,28+,30?/m0/s1. The molecule has 5 nitrogen and oxygen atoms in total. The van der Waals surface area contributed by atoms with Gasteiger partial charge in [-0.2, -0.15) is 0 Å². The Balaban J connectivity index is 1.47. The number of fused-ring (bicyclic) bond motifs is 2. The number of aldehydes is 1. The molecule has 2 bridgehead atoms. The number of ether oxygens (including phenoxy) is 1. The highest BCUT2D eigenvalue weighted by Crippen LogP contribution is 2.63. The molecule has 3 aliphatic heterocycles. The number of piperidine rings is 1. The number of nitrogens with one attached hydrogen (secondary N) is 1. The van der Waals surface area contributed by atoms with Gasteiger partial charge in [-0.25, -0.2) is 0 Å². The number of carbonyl (C=O) groups is 2. The normalized spacial score (nSPS) is 32.2. The van der Waals surface area contributed by atoms with Crippen molar-refractivity contribution in [2.24, 2.45) is 5.92 Å². The van der Waals surface area contributed by atoms with Gasteiger partial charge >= 0.3 is 0 Å². The van der Waals surface area contributed by atoms with E-state index in [0.29, 0.717) is 6.54 Å². The Kier molecular flexibility index (Phi) is 4.43. The average Bonchev–Trinajstić information content (AvgIpc) is 3.38. The SMILES string of the molecule is C/C=C1/C[N+]2(CC(=O)c3ccc(OC)cc3)CC[C@]34C(=C(C=O)[C@H]1C[C@@H]32)Nc1ccccc14. The van der Waals surface area contributed by atoms with Crippen LogP contribution in [0.5, 0.6) is 5.75 Å². The maximum atomic E-state index is 13.5. The third-order valence-corrected chi connectivity index (χ3v) is 8.73. The minimum Gasteiger partial charge on any atom is -0.497 e. The summed E-state index contributed by atoms with van der Waals surface area (Å²) in [7, 11) is 1.64. The first-order valence-corrected chi connectivity index (χ1v) is 11.8. The summed E-state index contributed by atoms with van der Waals surface area (Å²) < 4.78 is 6.04. The number of methoxy groups -OCH3 is 1. The molecule has 0 aromatic heterocycles. The van der Waals surface area contributed by atoms with E-state index in [2.05, 4.69) is 42.6 Å². The molecule has 5 heteroatoms. The molecule has 0 amide bonds. The molecule has 1 aliphatic carbocycles. The first-order chi connectivity index (χ1) is 16.1. The second-order valence-electron chi connectivity index (χ2n) is 9.92. The van der Waals surface area contributed by atoms with Crippen LogP contribution in [0.4, 0.5) is 5.69 Å². The summed E-state index contributed by atoms with van der Waals surface area (Å²) in [5.41, 5.74) is 6.23. The zero-order chi connectivity index (χ0) is 22.8. The van der Waals surface area contributed by atoms with Crippen LogP contribution in [-0.2, 0) is 10.2 Å². The van der Waals surface area contributed by atoms with Gasteiger partial charge in [0.1, 0.15) is 31.2 Å². The van der Waals surface area contributed by atoms with Gasteiger partial charge in [0.25, 0.3) is 0 Å². The first-order valence-electron chi connectivity index (χ1n) is 11.8. The molecule has 2 saturated heterocycles. The van der Waals surface area contributed by atoms with Crippen LogP contribution in [0, 0.1) is 5.92 Å². The van der Waals surface area contributed by atoms with Crippen LogP contribution in [0.1, 0.15) is 35.7 Å². The third kappa shape index (κ3) is 2.63. The van der Waals surface area contributed by atoms with E-state index in [-0.39, 0.29) is 23.2 Å². The lowest BCUT2D eigenvalue weighted by Gasteiger charge is -2.53. The molecule has 1 spiro atoms. The van der Waals surface area contributed by atoms with E-state index in [1.165, 1.54) is 11.1 Å². The van der Waals surface area contributed by atoms with E-state index in [1.807, 2.05) is 24.3 Å². The predicted octanol–water partition coefficient (Wildman–Crippen LogP) is 4.26. The van der Waals surface area contributed by atoms with Crippen molar-refractivity contribution in [3.63, 3.8) is 0 Å². The van der Waals surface area contributed by atoms with Crippen molar-refractivity contribution >= 4 is 17.8 Å². The zero-order valence-corrected chi connectivity index (χ0v) is 19.1. The van der Waals surface area contributed by atoms with E-state index in [0.717, 1.165) is 65.0 Å². The van der Waals surface area contributed by atoms with Gasteiger partial charge in [0, 0.05) is 41.3 Å². The van der Waals surface area contributed by atoms with Gasteiger partial charge in [-0.3, -0.25) is 9.59 Å². The van der Waals surface area contributed by atoms with Crippen LogP contribution in [0.3, 0.4) is 0 Å². The Bertz CT molecular complexity index is 1230. The van der Waals surface area contributed by atoms with Crippen LogP contribution in [0.25, 0.3) is 0 Å². The molecule has 1 unspecified atom stereocenters. The maximum Gasteiger partial charge on any atom is 0.216 e. The molecule has 33 heavy (non-hydrogen) atoms. The molecule has 0 radical (unpaired) electrons. The van der Waals surface area contributed by atoms with Gasteiger partial charge in [0.05, 0.1) is 19.1 Å². The largest absolute Gasteiger partial charge is 0.497 e. The smallest absolute Gasteiger partial charge is 0.216 e.